The molecule has 3 aromatic rings. The van der Waals surface area contributed by atoms with Crippen LogP contribution in [0, 0.1) is 6.92 Å². The highest BCUT2D eigenvalue weighted by atomic mass is 32.2. The molecule has 0 fully saturated rings. The van der Waals surface area contributed by atoms with Gasteiger partial charge in [0.05, 0.1) is 17.9 Å². The van der Waals surface area contributed by atoms with Crippen molar-refractivity contribution in [2.75, 3.05) is 25.1 Å². The number of sulfone groups is 1. The molecule has 1 aromatic heterocycles. The second-order valence-electron chi connectivity index (χ2n) is 8.18. The van der Waals surface area contributed by atoms with E-state index in [9.17, 15) is 18.0 Å². The number of benzene rings is 2. The van der Waals surface area contributed by atoms with Crippen molar-refractivity contribution in [2.24, 2.45) is 0 Å². The topological polar surface area (TPSA) is 84.7 Å². The Labute approximate surface area is 174 Å². The summed E-state index contributed by atoms with van der Waals surface area (Å²) in [6, 6.07) is 9.57. The van der Waals surface area contributed by atoms with Crippen molar-refractivity contribution >= 4 is 32.2 Å². The quantitative estimate of drug-likeness (QED) is 0.602. The van der Waals surface area contributed by atoms with E-state index in [-0.39, 0.29) is 5.75 Å². The number of fused-ring (bicyclic) bond motifs is 7. The number of ketones is 2. The first-order chi connectivity index (χ1) is 14.2. The lowest BCUT2D eigenvalue weighted by atomic mass is 9.82. The number of rotatable bonds is 3. The van der Waals surface area contributed by atoms with Crippen LogP contribution in [-0.4, -0.2) is 50.0 Å². The van der Waals surface area contributed by atoms with Crippen LogP contribution in [0.4, 0.5) is 0 Å². The highest BCUT2D eigenvalue weighted by Crippen LogP contribution is 2.43. The lowest BCUT2D eigenvalue weighted by Crippen LogP contribution is -2.34. The second kappa shape index (κ2) is 6.62. The maximum Gasteiger partial charge on any atom is 0.237 e. The van der Waals surface area contributed by atoms with E-state index >= 15 is 0 Å². The van der Waals surface area contributed by atoms with Gasteiger partial charge in [0.1, 0.15) is 21.4 Å². The molecule has 30 heavy (non-hydrogen) atoms. The van der Waals surface area contributed by atoms with Gasteiger partial charge < -0.3 is 4.42 Å². The summed E-state index contributed by atoms with van der Waals surface area (Å²) in [6.45, 7) is 3.45. The van der Waals surface area contributed by atoms with Gasteiger partial charge in [-0.1, -0.05) is 24.3 Å². The van der Waals surface area contributed by atoms with Gasteiger partial charge in [-0.25, -0.2) is 8.42 Å². The third kappa shape index (κ3) is 2.92. The molecule has 0 atom stereocenters. The van der Waals surface area contributed by atoms with Gasteiger partial charge in [0.25, 0.3) is 0 Å². The summed E-state index contributed by atoms with van der Waals surface area (Å²) < 4.78 is 29.1. The molecule has 0 unspecified atom stereocenters. The summed E-state index contributed by atoms with van der Waals surface area (Å²) >= 11 is 0. The summed E-state index contributed by atoms with van der Waals surface area (Å²) in [4.78, 5) is 28.2. The Balaban J connectivity index is 1.62. The van der Waals surface area contributed by atoms with Crippen molar-refractivity contribution in [1.29, 1.82) is 0 Å². The number of carbonyl (C=O) groups is 2. The van der Waals surface area contributed by atoms with Crippen LogP contribution in [0.2, 0.25) is 0 Å². The first-order valence-electron chi connectivity index (χ1n) is 9.91. The minimum Gasteiger partial charge on any atom is -0.459 e. The Kier molecular flexibility index (Phi) is 4.24. The van der Waals surface area contributed by atoms with E-state index < -0.39 is 21.4 Å². The van der Waals surface area contributed by atoms with Crippen molar-refractivity contribution in [3.8, 4) is 11.3 Å². The molecule has 0 spiro atoms. The standard InChI is InChI=1S/C23H21NO5S/c1-13-4-3-5-15-14(13)6-7-17-19(15)21(25)22(26)20-16-8-9-24(10-11-30(2,27)28)12-18(16)29-23(17)20/h3-7H,8-12H2,1-2H3. The molecule has 7 heteroatoms. The van der Waals surface area contributed by atoms with Crippen LogP contribution in [0.5, 0.6) is 0 Å². The zero-order valence-electron chi connectivity index (χ0n) is 16.8. The summed E-state index contributed by atoms with van der Waals surface area (Å²) in [5.41, 5.74) is 3.28. The van der Waals surface area contributed by atoms with Gasteiger partial charge >= 0.3 is 0 Å². The Morgan fingerprint density at radius 3 is 2.57 bits per heavy atom. The SMILES string of the molecule is Cc1cccc2c3c(ccc12)-c1oc2c(c1C(=O)C3=O)CCN(CCS(C)(=O)=O)C2. The van der Waals surface area contributed by atoms with Crippen LogP contribution in [0.25, 0.3) is 22.1 Å². The molecule has 1 aliphatic heterocycles. The fourth-order valence-electron chi connectivity index (χ4n) is 4.55. The number of hydrogen-bond acceptors (Lipinski definition) is 6. The van der Waals surface area contributed by atoms with E-state index in [1.165, 1.54) is 6.26 Å². The molecule has 0 N–H and O–H groups in total. The molecule has 0 radical (unpaired) electrons. The van der Waals surface area contributed by atoms with E-state index in [0.29, 0.717) is 54.3 Å². The number of Topliss-reactive ketones (excluding diaryl/α,β-unsaturated/α-hetero) is 2. The van der Waals surface area contributed by atoms with Crippen LogP contribution < -0.4 is 0 Å². The smallest absolute Gasteiger partial charge is 0.237 e. The predicted molar refractivity (Wildman–Crippen MR) is 114 cm³/mol. The maximum absolute atomic E-state index is 13.1. The molecule has 154 valence electrons. The molecule has 0 saturated carbocycles. The molecule has 2 aliphatic rings. The maximum atomic E-state index is 13.1. The zero-order valence-corrected chi connectivity index (χ0v) is 17.6. The van der Waals surface area contributed by atoms with E-state index in [4.69, 9.17) is 4.42 Å². The first-order valence-corrected chi connectivity index (χ1v) is 12.0. The van der Waals surface area contributed by atoms with Crippen molar-refractivity contribution in [2.45, 2.75) is 19.9 Å². The van der Waals surface area contributed by atoms with E-state index in [1.54, 1.807) is 0 Å². The highest BCUT2D eigenvalue weighted by Gasteiger charge is 2.39. The van der Waals surface area contributed by atoms with Gasteiger partial charge in [0.15, 0.2) is 0 Å². The van der Waals surface area contributed by atoms with Crippen LogP contribution in [0.3, 0.4) is 0 Å². The van der Waals surface area contributed by atoms with Gasteiger partial charge in [-0.3, -0.25) is 14.5 Å². The zero-order chi connectivity index (χ0) is 21.2. The average Bonchev–Trinajstić information content (AvgIpc) is 3.08. The molecule has 6 nitrogen and oxygen atoms in total. The van der Waals surface area contributed by atoms with Gasteiger partial charge in [-0.2, -0.15) is 0 Å². The fraction of sp³-hybridized carbons (Fsp3) is 0.304. The largest absolute Gasteiger partial charge is 0.459 e. The first kappa shape index (κ1) is 19.2. The Bertz CT molecular complexity index is 1350. The summed E-state index contributed by atoms with van der Waals surface area (Å²) in [6.07, 6.45) is 1.78. The van der Waals surface area contributed by atoms with Crippen LogP contribution in [0.15, 0.2) is 34.7 Å². The minimum atomic E-state index is -3.05. The minimum absolute atomic E-state index is 0.0777. The van der Waals surface area contributed by atoms with Gasteiger partial charge in [-0.05, 0) is 35.7 Å². The molecule has 0 bridgehead atoms. The van der Waals surface area contributed by atoms with E-state index in [0.717, 1.165) is 21.9 Å². The van der Waals surface area contributed by atoms with E-state index in [1.807, 2.05) is 42.2 Å². The Morgan fingerprint density at radius 1 is 1.03 bits per heavy atom. The Morgan fingerprint density at radius 2 is 1.80 bits per heavy atom. The van der Waals surface area contributed by atoms with Crippen molar-refractivity contribution < 1.29 is 22.4 Å². The molecule has 2 heterocycles. The van der Waals surface area contributed by atoms with Gasteiger partial charge in [0.2, 0.25) is 11.6 Å². The van der Waals surface area contributed by atoms with E-state index in [2.05, 4.69) is 0 Å². The van der Waals surface area contributed by atoms with Crippen molar-refractivity contribution in [3.63, 3.8) is 0 Å². The molecule has 0 amide bonds. The Hall–Kier alpha value is -2.77. The average molecular weight is 423 g/mol. The molecular formula is C23H21NO5S. The molecule has 2 aromatic carbocycles. The summed E-state index contributed by atoms with van der Waals surface area (Å²) in [7, 11) is -3.05. The van der Waals surface area contributed by atoms with Crippen molar-refractivity contribution in [3.05, 3.63) is 58.3 Å². The molecular weight excluding hydrogens is 402 g/mol. The van der Waals surface area contributed by atoms with Gasteiger partial charge in [0, 0.05) is 36.0 Å². The van der Waals surface area contributed by atoms with Crippen LogP contribution >= 0.6 is 0 Å². The molecule has 0 saturated heterocycles. The molecule has 5 rings (SSSR count). The second-order valence-corrected chi connectivity index (χ2v) is 10.4. The normalized spacial score (nSPS) is 16.5. The monoisotopic (exact) mass is 423 g/mol. The number of carbonyl (C=O) groups excluding carboxylic acids is 2. The number of aryl methyl sites for hydroxylation is 1. The van der Waals surface area contributed by atoms with Crippen LogP contribution in [0.1, 0.15) is 37.6 Å². The third-order valence-electron chi connectivity index (χ3n) is 6.10. The van der Waals surface area contributed by atoms with Crippen molar-refractivity contribution in [1.82, 2.24) is 4.90 Å². The van der Waals surface area contributed by atoms with Gasteiger partial charge in [-0.15, -0.1) is 0 Å². The summed E-state index contributed by atoms with van der Waals surface area (Å²) in [5.74, 6) is 0.193. The lowest BCUT2D eigenvalue weighted by Gasteiger charge is -2.25. The predicted octanol–water partition coefficient (Wildman–Crippen LogP) is 3.19. The van der Waals surface area contributed by atoms with Crippen LogP contribution in [-0.2, 0) is 22.8 Å². The number of hydrogen-bond donors (Lipinski definition) is 0. The number of furan rings is 1. The summed E-state index contributed by atoms with van der Waals surface area (Å²) in [5, 5.41) is 1.71. The third-order valence-corrected chi connectivity index (χ3v) is 7.02. The number of nitrogens with zero attached hydrogens (tertiary/aromatic N) is 1. The lowest BCUT2D eigenvalue weighted by molar-refractivity contribution is 0.0815. The fourth-order valence-corrected chi connectivity index (χ4v) is 5.14. The molecule has 1 aliphatic carbocycles. The highest BCUT2D eigenvalue weighted by molar-refractivity contribution is 7.90.